The summed E-state index contributed by atoms with van der Waals surface area (Å²) in [5.74, 6) is 0.521. The van der Waals surface area contributed by atoms with Gasteiger partial charge in [0, 0.05) is 0 Å². The Balaban J connectivity index is 1.97. The quantitative estimate of drug-likeness (QED) is 0.828. The number of likely N-dealkylation sites (tertiary alicyclic amines) is 1. The molecule has 2 rings (SSSR count). The van der Waals surface area contributed by atoms with Gasteiger partial charge in [0.05, 0.1) is 0 Å². The maximum absolute atomic E-state index is 11.8. The van der Waals surface area contributed by atoms with Crippen LogP contribution in [0.1, 0.15) is 30.9 Å². The first-order chi connectivity index (χ1) is 9.72. The lowest BCUT2D eigenvalue weighted by Crippen LogP contribution is -2.42. The SMILES string of the molecule is CNCCC1CCN(C(C(N)=O)c2ccccc2)CC1. The molecule has 110 valence electrons. The highest BCUT2D eigenvalue weighted by atomic mass is 16.1. The van der Waals surface area contributed by atoms with E-state index in [0.717, 1.165) is 44.0 Å². The highest BCUT2D eigenvalue weighted by molar-refractivity contribution is 5.81. The molecule has 1 aliphatic rings. The molecule has 3 N–H and O–H groups in total. The minimum absolute atomic E-state index is 0.245. The van der Waals surface area contributed by atoms with Gasteiger partial charge in [-0.2, -0.15) is 0 Å². The maximum atomic E-state index is 11.8. The number of nitrogens with zero attached hydrogens (tertiary/aromatic N) is 1. The largest absolute Gasteiger partial charge is 0.368 e. The smallest absolute Gasteiger partial charge is 0.239 e. The van der Waals surface area contributed by atoms with E-state index in [9.17, 15) is 4.79 Å². The van der Waals surface area contributed by atoms with Crippen LogP contribution in [0.3, 0.4) is 0 Å². The van der Waals surface area contributed by atoms with Crippen LogP contribution in [0, 0.1) is 5.92 Å². The van der Waals surface area contributed by atoms with E-state index in [1.807, 2.05) is 37.4 Å². The Morgan fingerprint density at radius 1 is 1.35 bits per heavy atom. The van der Waals surface area contributed by atoms with E-state index in [4.69, 9.17) is 5.73 Å². The van der Waals surface area contributed by atoms with Gasteiger partial charge in [0.25, 0.3) is 0 Å². The van der Waals surface area contributed by atoms with Crippen molar-refractivity contribution in [2.75, 3.05) is 26.7 Å². The van der Waals surface area contributed by atoms with E-state index in [0.29, 0.717) is 0 Å². The number of primary amides is 1. The third kappa shape index (κ3) is 3.81. The van der Waals surface area contributed by atoms with Crippen molar-refractivity contribution >= 4 is 5.91 Å². The van der Waals surface area contributed by atoms with Crippen molar-refractivity contribution < 1.29 is 4.79 Å². The predicted molar refractivity (Wildman–Crippen MR) is 81.2 cm³/mol. The fraction of sp³-hybridized carbons (Fsp3) is 0.562. The van der Waals surface area contributed by atoms with E-state index in [2.05, 4.69) is 10.2 Å². The summed E-state index contributed by atoms with van der Waals surface area (Å²) in [5, 5.41) is 3.21. The van der Waals surface area contributed by atoms with Gasteiger partial charge in [-0.15, -0.1) is 0 Å². The first-order valence-corrected chi connectivity index (χ1v) is 7.45. The van der Waals surface area contributed by atoms with E-state index < -0.39 is 0 Å². The van der Waals surface area contributed by atoms with Crippen LogP contribution in [-0.2, 0) is 4.79 Å². The molecule has 1 atom stereocenters. The molecule has 0 bridgehead atoms. The fourth-order valence-electron chi connectivity index (χ4n) is 3.04. The summed E-state index contributed by atoms with van der Waals surface area (Å²) in [5.41, 5.74) is 6.63. The van der Waals surface area contributed by atoms with Gasteiger partial charge in [0.2, 0.25) is 5.91 Å². The van der Waals surface area contributed by atoms with E-state index in [1.54, 1.807) is 0 Å². The third-order valence-electron chi connectivity index (χ3n) is 4.20. The van der Waals surface area contributed by atoms with Crippen LogP contribution >= 0.6 is 0 Å². The molecule has 1 amide bonds. The molecule has 20 heavy (non-hydrogen) atoms. The van der Waals surface area contributed by atoms with Crippen molar-refractivity contribution in [1.29, 1.82) is 0 Å². The topological polar surface area (TPSA) is 58.4 Å². The monoisotopic (exact) mass is 275 g/mol. The Labute approximate surface area is 121 Å². The Morgan fingerprint density at radius 2 is 2.00 bits per heavy atom. The van der Waals surface area contributed by atoms with E-state index >= 15 is 0 Å². The molecule has 0 spiro atoms. The summed E-state index contributed by atoms with van der Waals surface area (Å²) in [6, 6.07) is 9.59. The van der Waals surface area contributed by atoms with Gasteiger partial charge in [-0.1, -0.05) is 30.3 Å². The zero-order valence-electron chi connectivity index (χ0n) is 12.2. The first kappa shape index (κ1) is 15.0. The van der Waals surface area contributed by atoms with E-state index in [1.165, 1.54) is 6.42 Å². The Bertz CT molecular complexity index is 413. The van der Waals surface area contributed by atoms with Crippen LogP contribution < -0.4 is 11.1 Å². The number of piperidine rings is 1. The van der Waals surface area contributed by atoms with Gasteiger partial charge < -0.3 is 11.1 Å². The lowest BCUT2D eigenvalue weighted by Gasteiger charge is -2.36. The number of carbonyl (C=O) groups excluding carboxylic acids is 1. The highest BCUT2D eigenvalue weighted by Crippen LogP contribution is 2.27. The highest BCUT2D eigenvalue weighted by Gasteiger charge is 2.29. The first-order valence-electron chi connectivity index (χ1n) is 7.45. The number of nitrogens with one attached hydrogen (secondary N) is 1. The standard InChI is InChI=1S/C16H25N3O/c1-18-10-7-13-8-11-19(12-9-13)15(16(17)20)14-5-3-2-4-6-14/h2-6,13,15,18H,7-12H2,1H3,(H2,17,20). The number of amides is 1. The average Bonchev–Trinajstić information content (AvgIpc) is 2.47. The number of nitrogens with two attached hydrogens (primary N) is 1. The van der Waals surface area contributed by atoms with Crippen molar-refractivity contribution in [3.63, 3.8) is 0 Å². The van der Waals surface area contributed by atoms with Crippen LogP contribution in [-0.4, -0.2) is 37.5 Å². The van der Waals surface area contributed by atoms with Gasteiger partial charge in [-0.05, 0) is 57.4 Å². The summed E-state index contributed by atoms with van der Waals surface area (Å²) < 4.78 is 0. The molecule has 0 radical (unpaired) electrons. The molecule has 1 aromatic rings. The second-order valence-electron chi connectivity index (χ2n) is 5.59. The molecule has 1 heterocycles. The van der Waals surface area contributed by atoms with Crippen molar-refractivity contribution in [3.05, 3.63) is 35.9 Å². The van der Waals surface area contributed by atoms with Gasteiger partial charge in [-0.3, -0.25) is 9.69 Å². The summed E-state index contributed by atoms with van der Waals surface area (Å²) >= 11 is 0. The molecular formula is C16H25N3O. The van der Waals surface area contributed by atoms with Crippen molar-refractivity contribution in [3.8, 4) is 0 Å². The van der Waals surface area contributed by atoms with Crippen molar-refractivity contribution in [2.45, 2.75) is 25.3 Å². The fourth-order valence-corrected chi connectivity index (χ4v) is 3.04. The number of hydrogen-bond acceptors (Lipinski definition) is 3. The second-order valence-corrected chi connectivity index (χ2v) is 5.59. The van der Waals surface area contributed by atoms with Crippen LogP contribution in [0.5, 0.6) is 0 Å². The normalized spacial score (nSPS) is 18.9. The number of rotatable bonds is 6. The second kappa shape index (κ2) is 7.41. The van der Waals surface area contributed by atoms with Gasteiger partial charge in [0.1, 0.15) is 6.04 Å². The van der Waals surface area contributed by atoms with Crippen molar-refractivity contribution in [2.24, 2.45) is 11.7 Å². The summed E-state index contributed by atoms with van der Waals surface area (Å²) in [4.78, 5) is 14.1. The number of hydrogen-bond donors (Lipinski definition) is 2. The summed E-state index contributed by atoms with van der Waals surface area (Å²) in [6.45, 7) is 2.98. The van der Waals surface area contributed by atoms with Crippen molar-refractivity contribution in [1.82, 2.24) is 10.2 Å². The average molecular weight is 275 g/mol. The Hall–Kier alpha value is -1.39. The maximum Gasteiger partial charge on any atom is 0.239 e. The lowest BCUT2D eigenvalue weighted by atomic mass is 9.91. The molecule has 0 aromatic heterocycles. The molecule has 4 nitrogen and oxygen atoms in total. The van der Waals surface area contributed by atoms with Gasteiger partial charge >= 0.3 is 0 Å². The van der Waals surface area contributed by atoms with Crippen LogP contribution in [0.2, 0.25) is 0 Å². The predicted octanol–water partition coefficient (Wildman–Crippen LogP) is 1.53. The van der Waals surface area contributed by atoms with E-state index in [-0.39, 0.29) is 11.9 Å². The Morgan fingerprint density at radius 3 is 2.55 bits per heavy atom. The molecule has 0 saturated carbocycles. The molecule has 1 aromatic carbocycles. The van der Waals surface area contributed by atoms with Crippen LogP contribution in [0.15, 0.2) is 30.3 Å². The number of benzene rings is 1. The summed E-state index contributed by atoms with van der Waals surface area (Å²) in [7, 11) is 1.99. The van der Waals surface area contributed by atoms with Gasteiger partial charge in [0.15, 0.2) is 0 Å². The molecule has 1 saturated heterocycles. The van der Waals surface area contributed by atoms with Crippen LogP contribution in [0.25, 0.3) is 0 Å². The Kier molecular flexibility index (Phi) is 5.56. The third-order valence-corrected chi connectivity index (χ3v) is 4.20. The minimum Gasteiger partial charge on any atom is -0.368 e. The molecular weight excluding hydrogens is 250 g/mol. The molecule has 1 unspecified atom stereocenters. The number of carbonyl (C=O) groups is 1. The molecule has 1 aliphatic heterocycles. The van der Waals surface area contributed by atoms with Crippen LogP contribution in [0.4, 0.5) is 0 Å². The lowest BCUT2D eigenvalue weighted by molar-refractivity contribution is -0.124. The molecule has 0 aliphatic carbocycles. The minimum atomic E-state index is -0.276. The zero-order chi connectivity index (χ0) is 14.4. The van der Waals surface area contributed by atoms with Gasteiger partial charge in [-0.25, -0.2) is 0 Å². The summed E-state index contributed by atoms with van der Waals surface area (Å²) in [6.07, 6.45) is 3.52. The molecule has 4 heteroatoms. The molecule has 1 fully saturated rings. The zero-order valence-corrected chi connectivity index (χ0v) is 12.2.